The maximum atomic E-state index is 12.8. The maximum absolute atomic E-state index is 12.8. The minimum Gasteiger partial charge on any atom is -0.373 e. The first kappa shape index (κ1) is 20.4. The third kappa shape index (κ3) is 4.57. The van der Waals surface area contributed by atoms with Gasteiger partial charge in [0, 0.05) is 38.2 Å². The Morgan fingerprint density at radius 3 is 2.82 bits per heavy atom. The van der Waals surface area contributed by atoms with Crippen LogP contribution in [0.25, 0.3) is 0 Å². The van der Waals surface area contributed by atoms with Crippen LogP contribution >= 0.6 is 0 Å². The topological polar surface area (TPSA) is 114 Å². The third-order valence-corrected chi connectivity index (χ3v) is 5.18. The normalized spacial score (nSPS) is 19.8. The Morgan fingerprint density at radius 2 is 2.11 bits per heavy atom. The maximum Gasteiger partial charge on any atom is 0.255 e. The summed E-state index contributed by atoms with van der Waals surface area (Å²) in [5, 5.41) is 5.62. The van der Waals surface area contributed by atoms with Gasteiger partial charge in [-0.15, -0.1) is 0 Å². The highest BCUT2D eigenvalue weighted by molar-refractivity contribution is 6.05. The molecule has 0 spiro atoms. The number of hydrogen-bond donors (Lipinski definition) is 3. The first-order chi connectivity index (χ1) is 13.3. The number of nitrogens with one attached hydrogen (secondary N) is 2. The number of hydrogen-bond acceptors (Lipinski definition) is 6. The highest BCUT2D eigenvalue weighted by atomic mass is 16.5. The fraction of sp³-hybridized carbons (Fsp3) is 0.550. The van der Waals surface area contributed by atoms with Gasteiger partial charge in [-0.05, 0) is 37.5 Å². The minimum atomic E-state index is -0.581. The number of benzene rings is 1. The fourth-order valence-corrected chi connectivity index (χ4v) is 3.40. The molecule has 8 nitrogen and oxygen atoms in total. The van der Waals surface area contributed by atoms with E-state index in [9.17, 15) is 14.4 Å². The average Bonchev–Trinajstić information content (AvgIpc) is 2.98. The summed E-state index contributed by atoms with van der Waals surface area (Å²) in [5.74, 6) is -0.823. The molecule has 1 aromatic carbocycles. The second kappa shape index (κ2) is 8.38. The Morgan fingerprint density at radius 1 is 1.32 bits per heavy atom. The summed E-state index contributed by atoms with van der Waals surface area (Å²) in [6.45, 7) is 6.61. The van der Waals surface area contributed by atoms with Gasteiger partial charge in [0.1, 0.15) is 6.04 Å². The van der Waals surface area contributed by atoms with E-state index in [4.69, 9.17) is 10.5 Å². The SMILES string of the molecule is CC(C)(CN)OCCNCc1ccc2c(c1)C(=O)N(C1CCC(=O)NC1=O)C2. The van der Waals surface area contributed by atoms with E-state index in [1.54, 1.807) is 4.90 Å². The molecule has 2 aliphatic rings. The lowest BCUT2D eigenvalue weighted by atomic mass is 10.0. The molecule has 0 saturated carbocycles. The predicted octanol–water partition coefficient (Wildman–Crippen LogP) is 0.291. The van der Waals surface area contributed by atoms with Gasteiger partial charge in [0.25, 0.3) is 5.91 Å². The standard InChI is InChI=1S/C20H28N4O4/c1-20(2,12-21)28-8-7-22-10-13-3-4-14-11-24(19(27)15(14)9-13)16-5-6-17(25)23-18(16)26/h3-4,9,16,22H,5-8,10-12,21H2,1-2H3,(H,23,25,26). The van der Waals surface area contributed by atoms with E-state index in [0.717, 1.165) is 11.1 Å². The fourth-order valence-electron chi connectivity index (χ4n) is 3.40. The lowest BCUT2D eigenvalue weighted by Crippen LogP contribution is -2.52. The van der Waals surface area contributed by atoms with Gasteiger partial charge in [-0.1, -0.05) is 12.1 Å². The predicted molar refractivity (Wildman–Crippen MR) is 103 cm³/mol. The minimum absolute atomic E-state index is 0.153. The number of nitrogens with zero attached hydrogens (tertiary/aromatic N) is 1. The second-order valence-corrected chi connectivity index (χ2v) is 7.88. The summed E-state index contributed by atoms with van der Waals surface area (Å²) in [6, 6.07) is 5.21. The highest BCUT2D eigenvalue weighted by Gasteiger charge is 2.39. The van der Waals surface area contributed by atoms with E-state index in [2.05, 4.69) is 10.6 Å². The van der Waals surface area contributed by atoms with Gasteiger partial charge in [-0.3, -0.25) is 19.7 Å². The molecule has 1 atom stereocenters. The molecule has 2 aliphatic heterocycles. The summed E-state index contributed by atoms with van der Waals surface area (Å²) in [7, 11) is 0. The van der Waals surface area contributed by atoms with E-state index in [1.807, 2.05) is 32.0 Å². The van der Waals surface area contributed by atoms with Gasteiger partial charge in [0.05, 0.1) is 12.2 Å². The van der Waals surface area contributed by atoms with Crippen molar-refractivity contribution in [1.29, 1.82) is 0 Å². The van der Waals surface area contributed by atoms with Crippen LogP contribution in [-0.4, -0.2) is 54.0 Å². The largest absolute Gasteiger partial charge is 0.373 e. The number of carbonyl (C=O) groups excluding carboxylic acids is 3. The van der Waals surface area contributed by atoms with Crippen LogP contribution in [-0.2, 0) is 27.4 Å². The van der Waals surface area contributed by atoms with Crippen molar-refractivity contribution in [3.8, 4) is 0 Å². The summed E-state index contributed by atoms with van der Waals surface area (Å²) in [6.07, 6.45) is 0.632. The van der Waals surface area contributed by atoms with Crippen LogP contribution in [0.1, 0.15) is 48.2 Å². The lowest BCUT2D eigenvalue weighted by Gasteiger charge is -2.29. The van der Waals surface area contributed by atoms with E-state index < -0.39 is 6.04 Å². The molecule has 1 fully saturated rings. The Balaban J connectivity index is 1.55. The number of rotatable bonds is 8. The molecule has 0 aliphatic carbocycles. The summed E-state index contributed by atoms with van der Waals surface area (Å²) < 4.78 is 5.70. The number of ether oxygens (including phenoxy) is 1. The quantitative estimate of drug-likeness (QED) is 0.436. The number of fused-ring (bicyclic) bond motifs is 1. The molecule has 28 heavy (non-hydrogen) atoms. The van der Waals surface area contributed by atoms with Crippen LogP contribution in [0.2, 0.25) is 0 Å². The zero-order chi connectivity index (χ0) is 20.3. The molecule has 1 aromatic rings. The van der Waals surface area contributed by atoms with Crippen LogP contribution in [0.5, 0.6) is 0 Å². The monoisotopic (exact) mass is 388 g/mol. The number of piperidine rings is 1. The van der Waals surface area contributed by atoms with Crippen molar-refractivity contribution >= 4 is 17.7 Å². The van der Waals surface area contributed by atoms with Gasteiger partial charge < -0.3 is 20.7 Å². The van der Waals surface area contributed by atoms with Crippen molar-refractivity contribution in [2.45, 2.75) is 51.4 Å². The summed E-state index contributed by atoms with van der Waals surface area (Å²) in [5.41, 5.74) is 7.84. The Labute approximate surface area is 164 Å². The van der Waals surface area contributed by atoms with E-state index in [1.165, 1.54) is 0 Å². The molecule has 4 N–H and O–H groups in total. The molecular formula is C20H28N4O4. The zero-order valence-corrected chi connectivity index (χ0v) is 16.4. The average molecular weight is 388 g/mol. The summed E-state index contributed by atoms with van der Waals surface area (Å²) >= 11 is 0. The van der Waals surface area contributed by atoms with E-state index >= 15 is 0 Å². The van der Waals surface area contributed by atoms with Gasteiger partial charge in [0.15, 0.2) is 0 Å². The van der Waals surface area contributed by atoms with Gasteiger partial charge >= 0.3 is 0 Å². The van der Waals surface area contributed by atoms with Crippen molar-refractivity contribution in [1.82, 2.24) is 15.5 Å². The molecule has 0 bridgehead atoms. The Kier molecular flexibility index (Phi) is 6.12. The van der Waals surface area contributed by atoms with Gasteiger partial charge in [0.2, 0.25) is 11.8 Å². The van der Waals surface area contributed by atoms with Gasteiger partial charge in [-0.25, -0.2) is 0 Å². The lowest BCUT2D eigenvalue weighted by molar-refractivity contribution is -0.136. The molecule has 3 rings (SSSR count). The first-order valence-corrected chi connectivity index (χ1v) is 9.62. The Bertz CT molecular complexity index is 777. The number of nitrogens with two attached hydrogens (primary N) is 1. The van der Waals surface area contributed by atoms with E-state index in [0.29, 0.717) is 44.8 Å². The number of carbonyl (C=O) groups is 3. The number of amides is 3. The molecule has 0 aromatic heterocycles. The molecule has 0 radical (unpaired) electrons. The van der Waals surface area contributed by atoms with Crippen LogP contribution in [0.3, 0.4) is 0 Å². The first-order valence-electron chi connectivity index (χ1n) is 9.62. The third-order valence-electron chi connectivity index (χ3n) is 5.18. The van der Waals surface area contributed by atoms with Crippen molar-refractivity contribution in [2.75, 3.05) is 19.7 Å². The molecule has 8 heteroatoms. The zero-order valence-electron chi connectivity index (χ0n) is 16.4. The van der Waals surface area contributed by atoms with E-state index in [-0.39, 0.29) is 29.7 Å². The van der Waals surface area contributed by atoms with Crippen LogP contribution in [0.4, 0.5) is 0 Å². The molecule has 1 unspecified atom stereocenters. The Hall–Kier alpha value is -2.29. The summed E-state index contributed by atoms with van der Waals surface area (Å²) in [4.78, 5) is 37.8. The number of imide groups is 1. The molecule has 1 saturated heterocycles. The smallest absolute Gasteiger partial charge is 0.255 e. The van der Waals surface area contributed by atoms with Crippen LogP contribution in [0, 0.1) is 0 Å². The molecule has 152 valence electrons. The molecular weight excluding hydrogens is 360 g/mol. The van der Waals surface area contributed by atoms with Crippen LogP contribution in [0.15, 0.2) is 18.2 Å². The van der Waals surface area contributed by atoms with Crippen molar-refractivity contribution < 1.29 is 19.1 Å². The van der Waals surface area contributed by atoms with Gasteiger partial charge in [-0.2, -0.15) is 0 Å². The van der Waals surface area contributed by atoms with Crippen molar-refractivity contribution in [3.05, 3.63) is 34.9 Å². The molecule has 2 heterocycles. The second-order valence-electron chi connectivity index (χ2n) is 7.88. The molecule has 3 amide bonds. The van der Waals surface area contributed by atoms with Crippen molar-refractivity contribution in [3.63, 3.8) is 0 Å². The van der Waals surface area contributed by atoms with Crippen molar-refractivity contribution in [2.24, 2.45) is 5.73 Å². The van der Waals surface area contributed by atoms with Crippen LogP contribution < -0.4 is 16.4 Å². The highest BCUT2D eigenvalue weighted by Crippen LogP contribution is 2.28.